The molecule has 0 spiro atoms. The Morgan fingerprint density at radius 2 is 1.52 bits per heavy atom. The lowest BCUT2D eigenvalue weighted by atomic mass is 10.0. The fourth-order valence-corrected chi connectivity index (χ4v) is 2.82. The average molecular weight is 338 g/mol. The minimum atomic E-state index is -0.161. The third kappa shape index (κ3) is 4.90. The summed E-state index contributed by atoms with van der Waals surface area (Å²) in [5.74, 6) is 0.375. The number of hydrazine groups is 1. The van der Waals surface area contributed by atoms with E-state index in [0.717, 1.165) is 25.9 Å². The van der Waals surface area contributed by atoms with Crippen molar-refractivity contribution in [3.05, 3.63) is 65.7 Å². The number of ether oxygens (including phenoxy) is 1. The minimum absolute atomic E-state index is 0.0324. The van der Waals surface area contributed by atoms with Crippen LogP contribution >= 0.6 is 0 Å². The van der Waals surface area contributed by atoms with Crippen LogP contribution in [0.4, 0.5) is 0 Å². The van der Waals surface area contributed by atoms with Gasteiger partial charge in [0.2, 0.25) is 0 Å². The van der Waals surface area contributed by atoms with Crippen molar-refractivity contribution in [1.29, 1.82) is 0 Å². The first-order valence-electron chi connectivity index (χ1n) is 8.59. The summed E-state index contributed by atoms with van der Waals surface area (Å²) >= 11 is 0. The molecule has 0 aromatic heterocycles. The largest absolute Gasteiger partial charge is 0.484 e. The minimum Gasteiger partial charge on any atom is -0.484 e. The molecule has 0 aliphatic carbocycles. The number of benzene rings is 2. The van der Waals surface area contributed by atoms with Gasteiger partial charge in [0.05, 0.1) is 0 Å². The number of carbonyl (C=O) groups excluding carboxylic acids is 2. The van der Waals surface area contributed by atoms with E-state index >= 15 is 0 Å². The second-order valence-corrected chi connectivity index (χ2v) is 6.09. The van der Waals surface area contributed by atoms with Crippen LogP contribution in [0.25, 0.3) is 0 Å². The normalized spacial score (nSPS) is 14.7. The third-order valence-corrected chi connectivity index (χ3v) is 4.16. The first-order chi connectivity index (χ1) is 12.2. The van der Waals surface area contributed by atoms with Gasteiger partial charge in [0.25, 0.3) is 5.91 Å². The van der Waals surface area contributed by atoms with Crippen molar-refractivity contribution in [1.82, 2.24) is 10.4 Å². The van der Waals surface area contributed by atoms with Crippen molar-refractivity contribution < 1.29 is 14.3 Å². The van der Waals surface area contributed by atoms with Crippen LogP contribution in [0, 0.1) is 0 Å². The molecule has 1 aliphatic heterocycles. The topological polar surface area (TPSA) is 58.6 Å². The van der Waals surface area contributed by atoms with Crippen LogP contribution in [0.5, 0.6) is 5.75 Å². The molecule has 1 N–H and O–H groups in total. The maximum absolute atomic E-state index is 12.3. The van der Waals surface area contributed by atoms with E-state index < -0.39 is 0 Å². The molecule has 0 radical (unpaired) electrons. The highest BCUT2D eigenvalue weighted by molar-refractivity contribution is 6.08. The van der Waals surface area contributed by atoms with Crippen molar-refractivity contribution in [3.8, 4) is 5.75 Å². The predicted molar refractivity (Wildman–Crippen MR) is 95.4 cm³/mol. The molecule has 0 bridgehead atoms. The van der Waals surface area contributed by atoms with Gasteiger partial charge in [0.15, 0.2) is 12.4 Å². The maximum Gasteiger partial charge on any atom is 0.272 e. The summed E-state index contributed by atoms with van der Waals surface area (Å²) in [5.41, 5.74) is 4.10. The first kappa shape index (κ1) is 17.2. The summed E-state index contributed by atoms with van der Waals surface area (Å²) in [6, 6.07) is 16.0. The smallest absolute Gasteiger partial charge is 0.272 e. The molecular formula is C20H22N2O3. The Kier molecular flexibility index (Phi) is 5.80. The van der Waals surface area contributed by atoms with Crippen LogP contribution in [-0.2, 0) is 4.79 Å². The molecule has 0 saturated carbocycles. The van der Waals surface area contributed by atoms with Gasteiger partial charge in [0, 0.05) is 24.2 Å². The highest BCUT2D eigenvalue weighted by Gasteiger charge is 2.13. The van der Waals surface area contributed by atoms with Gasteiger partial charge in [-0.3, -0.25) is 15.0 Å². The zero-order chi connectivity index (χ0) is 17.5. The second-order valence-electron chi connectivity index (χ2n) is 6.09. The maximum atomic E-state index is 12.3. The molecule has 130 valence electrons. The summed E-state index contributed by atoms with van der Waals surface area (Å²) in [5, 5.41) is 1.94. The number of ketones is 1. The van der Waals surface area contributed by atoms with Crippen LogP contribution in [0.15, 0.2) is 54.6 Å². The van der Waals surface area contributed by atoms with E-state index in [0.29, 0.717) is 16.9 Å². The van der Waals surface area contributed by atoms with E-state index in [1.807, 2.05) is 23.2 Å². The lowest BCUT2D eigenvalue weighted by Crippen LogP contribution is -2.46. The van der Waals surface area contributed by atoms with Gasteiger partial charge in [-0.25, -0.2) is 5.01 Å². The lowest BCUT2D eigenvalue weighted by molar-refractivity contribution is -0.128. The molecule has 3 rings (SSSR count). The summed E-state index contributed by atoms with van der Waals surface area (Å²) < 4.78 is 5.50. The average Bonchev–Trinajstić information content (AvgIpc) is 2.68. The number of carbonyl (C=O) groups is 2. The standard InChI is InChI=1S/C20H22N2O3/c23-19(21-22-13-5-2-6-14-22)15-25-18-11-9-17(10-12-18)20(24)16-7-3-1-4-8-16/h1,3-4,7-12H,2,5-6,13-15H2,(H,21,23). The van der Waals surface area contributed by atoms with E-state index in [4.69, 9.17) is 4.74 Å². The molecule has 1 fully saturated rings. The molecule has 1 saturated heterocycles. The predicted octanol–water partition coefficient (Wildman–Crippen LogP) is 2.81. The van der Waals surface area contributed by atoms with Crippen molar-refractivity contribution >= 4 is 11.7 Å². The van der Waals surface area contributed by atoms with E-state index in [9.17, 15) is 9.59 Å². The van der Waals surface area contributed by atoms with Crippen molar-refractivity contribution in [2.45, 2.75) is 19.3 Å². The van der Waals surface area contributed by atoms with Crippen molar-refractivity contribution in [2.75, 3.05) is 19.7 Å². The van der Waals surface area contributed by atoms with Gasteiger partial charge in [0.1, 0.15) is 5.75 Å². The second kappa shape index (κ2) is 8.44. The third-order valence-electron chi connectivity index (χ3n) is 4.16. The van der Waals surface area contributed by atoms with E-state index in [1.54, 1.807) is 36.4 Å². The van der Waals surface area contributed by atoms with Gasteiger partial charge < -0.3 is 4.74 Å². The monoisotopic (exact) mass is 338 g/mol. The highest BCUT2D eigenvalue weighted by Crippen LogP contribution is 2.15. The number of amides is 1. The Morgan fingerprint density at radius 1 is 0.880 bits per heavy atom. The first-order valence-corrected chi connectivity index (χ1v) is 8.59. The fraction of sp³-hybridized carbons (Fsp3) is 0.300. The van der Waals surface area contributed by atoms with Gasteiger partial charge in [-0.05, 0) is 37.1 Å². The molecular weight excluding hydrogens is 316 g/mol. The van der Waals surface area contributed by atoms with Crippen LogP contribution in [0.1, 0.15) is 35.2 Å². The van der Waals surface area contributed by atoms with Gasteiger partial charge in [-0.2, -0.15) is 0 Å². The Morgan fingerprint density at radius 3 is 2.20 bits per heavy atom. The van der Waals surface area contributed by atoms with Crippen LogP contribution in [0.2, 0.25) is 0 Å². The molecule has 1 aliphatic rings. The number of rotatable bonds is 6. The Hall–Kier alpha value is -2.66. The van der Waals surface area contributed by atoms with Crippen molar-refractivity contribution in [2.24, 2.45) is 0 Å². The SMILES string of the molecule is O=C(COc1ccc(C(=O)c2ccccc2)cc1)NN1CCCCC1. The van der Waals surface area contributed by atoms with Gasteiger partial charge in [-0.15, -0.1) is 0 Å². The molecule has 2 aromatic rings. The number of hydrogen-bond donors (Lipinski definition) is 1. The lowest BCUT2D eigenvalue weighted by Gasteiger charge is -2.26. The molecule has 0 atom stereocenters. The molecule has 5 heteroatoms. The Bertz CT molecular complexity index is 707. The summed E-state index contributed by atoms with van der Waals surface area (Å²) in [6.45, 7) is 1.74. The molecule has 1 amide bonds. The molecule has 2 aromatic carbocycles. The Labute approximate surface area is 147 Å². The summed E-state index contributed by atoms with van der Waals surface area (Å²) in [7, 11) is 0. The number of piperidine rings is 1. The number of nitrogens with one attached hydrogen (secondary N) is 1. The summed E-state index contributed by atoms with van der Waals surface area (Å²) in [4.78, 5) is 24.2. The highest BCUT2D eigenvalue weighted by atomic mass is 16.5. The summed E-state index contributed by atoms with van der Waals surface area (Å²) in [6.07, 6.45) is 3.44. The zero-order valence-corrected chi connectivity index (χ0v) is 14.1. The zero-order valence-electron chi connectivity index (χ0n) is 14.1. The Balaban J connectivity index is 1.50. The van der Waals surface area contributed by atoms with Crippen molar-refractivity contribution in [3.63, 3.8) is 0 Å². The quantitative estimate of drug-likeness (QED) is 0.823. The van der Waals surface area contributed by atoms with Crippen LogP contribution < -0.4 is 10.2 Å². The van der Waals surface area contributed by atoms with Crippen LogP contribution in [0.3, 0.4) is 0 Å². The number of nitrogens with zero attached hydrogens (tertiary/aromatic N) is 1. The van der Waals surface area contributed by atoms with E-state index in [2.05, 4.69) is 5.43 Å². The van der Waals surface area contributed by atoms with E-state index in [1.165, 1.54) is 6.42 Å². The number of hydrogen-bond acceptors (Lipinski definition) is 4. The fourth-order valence-electron chi connectivity index (χ4n) is 2.82. The van der Waals surface area contributed by atoms with E-state index in [-0.39, 0.29) is 18.3 Å². The molecule has 25 heavy (non-hydrogen) atoms. The van der Waals surface area contributed by atoms with Gasteiger partial charge in [-0.1, -0.05) is 36.8 Å². The molecule has 0 unspecified atom stereocenters. The molecule has 5 nitrogen and oxygen atoms in total. The van der Waals surface area contributed by atoms with Crippen LogP contribution in [-0.4, -0.2) is 36.4 Å². The molecule has 1 heterocycles. The van der Waals surface area contributed by atoms with Gasteiger partial charge >= 0.3 is 0 Å².